The van der Waals surface area contributed by atoms with Gasteiger partial charge in [-0.1, -0.05) is 0 Å². The first kappa shape index (κ1) is 7.19. The van der Waals surface area contributed by atoms with E-state index in [2.05, 4.69) is 48.9 Å². The van der Waals surface area contributed by atoms with Crippen LogP contribution in [0.2, 0.25) is 4.09 Å². The SMILES string of the molecule is [Li][C]1(CC)C=CC=CC1. The van der Waals surface area contributed by atoms with Gasteiger partial charge < -0.3 is 0 Å². The van der Waals surface area contributed by atoms with E-state index in [0.717, 1.165) is 0 Å². The van der Waals surface area contributed by atoms with E-state index in [1.807, 2.05) is 0 Å². The van der Waals surface area contributed by atoms with Crippen LogP contribution >= 0.6 is 0 Å². The summed E-state index contributed by atoms with van der Waals surface area (Å²) in [5.41, 5.74) is 0. The van der Waals surface area contributed by atoms with Crippen LogP contribution in [0.15, 0.2) is 24.3 Å². The van der Waals surface area contributed by atoms with Crippen molar-refractivity contribution in [3.05, 3.63) is 24.3 Å². The second-order valence-corrected chi connectivity index (χ2v) is 3.00. The second-order valence-electron chi connectivity index (χ2n) is 3.00. The molecule has 1 rings (SSSR count). The topological polar surface area (TPSA) is 0 Å². The molecule has 0 aliphatic heterocycles. The Balaban J connectivity index is 2.63. The molecule has 1 aliphatic rings. The van der Waals surface area contributed by atoms with Gasteiger partial charge in [-0.05, 0) is 0 Å². The molecule has 1 unspecified atom stereocenters. The normalized spacial score (nSPS) is 33.2. The molecule has 0 fully saturated rings. The molecule has 0 aromatic rings. The summed E-state index contributed by atoms with van der Waals surface area (Å²) in [6.45, 7) is 2.24. The van der Waals surface area contributed by atoms with Crippen LogP contribution in [0.4, 0.5) is 0 Å². The summed E-state index contributed by atoms with van der Waals surface area (Å²) in [6.07, 6.45) is 11.3. The van der Waals surface area contributed by atoms with Gasteiger partial charge >= 0.3 is 65.9 Å². The Morgan fingerprint density at radius 2 is 2.33 bits per heavy atom. The van der Waals surface area contributed by atoms with Crippen LogP contribution in [-0.2, 0) is 0 Å². The molecule has 0 spiro atoms. The average molecular weight is 114 g/mol. The third-order valence-corrected chi connectivity index (χ3v) is 2.14. The first-order valence-corrected chi connectivity index (χ1v) is 3.61. The first-order chi connectivity index (χ1) is 4.27. The van der Waals surface area contributed by atoms with E-state index < -0.39 is 0 Å². The van der Waals surface area contributed by atoms with Crippen LogP contribution in [-0.4, -0.2) is 17.7 Å². The predicted molar refractivity (Wildman–Crippen MR) is 41.6 cm³/mol. The van der Waals surface area contributed by atoms with Gasteiger partial charge in [0.15, 0.2) is 0 Å². The summed E-state index contributed by atoms with van der Waals surface area (Å²) >= 11 is 2.30. The van der Waals surface area contributed by atoms with Crippen LogP contribution in [0.25, 0.3) is 0 Å². The van der Waals surface area contributed by atoms with Gasteiger partial charge in [0.05, 0.1) is 0 Å². The zero-order chi connectivity index (χ0) is 6.74. The molecule has 44 valence electrons. The summed E-state index contributed by atoms with van der Waals surface area (Å²) in [6, 6.07) is 0. The van der Waals surface area contributed by atoms with Crippen molar-refractivity contribution in [1.82, 2.24) is 0 Å². The van der Waals surface area contributed by atoms with Gasteiger partial charge in [0.2, 0.25) is 0 Å². The van der Waals surface area contributed by atoms with Gasteiger partial charge in [0, 0.05) is 0 Å². The van der Waals surface area contributed by atoms with Gasteiger partial charge in [0.1, 0.15) is 0 Å². The van der Waals surface area contributed by atoms with Gasteiger partial charge in [-0.25, -0.2) is 0 Å². The molecule has 0 nitrogen and oxygen atoms in total. The van der Waals surface area contributed by atoms with Crippen LogP contribution in [0.5, 0.6) is 0 Å². The molecule has 1 aliphatic carbocycles. The van der Waals surface area contributed by atoms with Crippen molar-refractivity contribution in [1.29, 1.82) is 0 Å². The molecule has 0 heterocycles. The maximum absolute atomic E-state index is 2.30. The Bertz CT molecular complexity index is 147. The van der Waals surface area contributed by atoms with Crippen LogP contribution in [0.1, 0.15) is 19.8 Å². The van der Waals surface area contributed by atoms with Gasteiger partial charge in [0.25, 0.3) is 0 Å². The third-order valence-electron chi connectivity index (χ3n) is 2.14. The van der Waals surface area contributed by atoms with Crippen LogP contribution in [0.3, 0.4) is 0 Å². The van der Waals surface area contributed by atoms with Gasteiger partial charge in [-0.2, -0.15) is 0 Å². The fraction of sp³-hybridized carbons (Fsp3) is 0.500. The van der Waals surface area contributed by atoms with Crippen molar-refractivity contribution in [3.63, 3.8) is 0 Å². The number of hydrogen-bond acceptors (Lipinski definition) is 0. The summed E-state index contributed by atoms with van der Waals surface area (Å²) in [7, 11) is 0. The fourth-order valence-electron chi connectivity index (χ4n) is 1.03. The average Bonchev–Trinajstić information content (AvgIpc) is 1.90. The summed E-state index contributed by atoms with van der Waals surface area (Å²) in [5.74, 6) is 0. The molecule has 0 radical (unpaired) electrons. The van der Waals surface area contributed by atoms with Crippen molar-refractivity contribution < 1.29 is 0 Å². The first-order valence-electron chi connectivity index (χ1n) is 3.61. The standard InChI is InChI=1S/C8H11.Li/c1-2-8-6-4-3-5-7-8;/h3-6H,2,7H2,1H3;. The molecular formula is C8H11Li. The number of rotatable bonds is 1. The Morgan fingerprint density at radius 3 is 2.67 bits per heavy atom. The van der Waals surface area contributed by atoms with E-state index in [4.69, 9.17) is 0 Å². The van der Waals surface area contributed by atoms with Crippen molar-refractivity contribution >= 4 is 17.7 Å². The van der Waals surface area contributed by atoms with Crippen LogP contribution in [0, 0.1) is 0 Å². The monoisotopic (exact) mass is 114 g/mol. The molecule has 0 saturated carbocycles. The zero-order valence-corrected chi connectivity index (χ0v) is 6.22. The molecular weight excluding hydrogens is 103 g/mol. The van der Waals surface area contributed by atoms with E-state index in [1.54, 1.807) is 0 Å². The number of hydrogen-bond donors (Lipinski definition) is 0. The molecule has 0 saturated heterocycles. The molecule has 9 heavy (non-hydrogen) atoms. The van der Waals surface area contributed by atoms with Gasteiger partial charge in [-0.3, -0.25) is 0 Å². The number of allylic oxidation sites excluding steroid dienone is 4. The maximum atomic E-state index is 2.30. The zero-order valence-electron chi connectivity index (χ0n) is 6.22. The van der Waals surface area contributed by atoms with E-state index in [0.29, 0.717) is 4.09 Å². The van der Waals surface area contributed by atoms with E-state index in [1.165, 1.54) is 12.8 Å². The fourth-order valence-corrected chi connectivity index (χ4v) is 1.03. The molecule has 1 atom stereocenters. The molecule has 0 bridgehead atoms. The molecule has 1 heteroatoms. The van der Waals surface area contributed by atoms with E-state index >= 15 is 0 Å². The van der Waals surface area contributed by atoms with Crippen molar-refractivity contribution in [2.75, 3.05) is 0 Å². The molecule has 0 aromatic carbocycles. The molecule has 0 aromatic heterocycles. The molecule has 0 N–H and O–H groups in total. The Kier molecular flexibility index (Phi) is 2.22. The third kappa shape index (κ3) is 1.74. The summed E-state index contributed by atoms with van der Waals surface area (Å²) < 4.78 is 0.453. The minimum atomic E-state index is 0.453. The van der Waals surface area contributed by atoms with Crippen molar-refractivity contribution in [2.24, 2.45) is 0 Å². The minimum absolute atomic E-state index is 0.453. The second kappa shape index (κ2) is 2.77. The predicted octanol–water partition coefficient (Wildman–Crippen LogP) is 2.24. The summed E-state index contributed by atoms with van der Waals surface area (Å²) in [5, 5.41) is 0. The van der Waals surface area contributed by atoms with E-state index in [9.17, 15) is 0 Å². The Labute approximate surface area is 66.2 Å². The molecule has 0 amide bonds. The van der Waals surface area contributed by atoms with Crippen molar-refractivity contribution in [2.45, 2.75) is 23.9 Å². The Morgan fingerprint density at radius 1 is 1.56 bits per heavy atom. The van der Waals surface area contributed by atoms with Gasteiger partial charge in [-0.15, -0.1) is 0 Å². The van der Waals surface area contributed by atoms with E-state index in [-0.39, 0.29) is 0 Å². The van der Waals surface area contributed by atoms with Crippen molar-refractivity contribution in [3.8, 4) is 0 Å². The quantitative estimate of drug-likeness (QED) is 0.458. The summed E-state index contributed by atoms with van der Waals surface area (Å²) in [4.78, 5) is 0. The Hall–Kier alpha value is 0.0774. The van der Waals surface area contributed by atoms with Crippen LogP contribution < -0.4 is 0 Å².